The van der Waals surface area contributed by atoms with Crippen LogP contribution in [0.3, 0.4) is 0 Å². The van der Waals surface area contributed by atoms with Gasteiger partial charge in [0.05, 0.1) is 19.6 Å². The molecule has 1 aromatic carbocycles. The summed E-state index contributed by atoms with van der Waals surface area (Å²) in [5.41, 5.74) is 1.82. The van der Waals surface area contributed by atoms with E-state index in [0.29, 0.717) is 45.6 Å². The summed E-state index contributed by atoms with van der Waals surface area (Å²) in [5, 5.41) is 24.5. The zero-order valence-corrected chi connectivity index (χ0v) is 20.8. The van der Waals surface area contributed by atoms with Crippen LogP contribution < -0.4 is 10.6 Å². The average Bonchev–Trinajstić information content (AvgIpc) is 2.97. The first-order valence-corrected chi connectivity index (χ1v) is 12.5. The van der Waals surface area contributed by atoms with Crippen molar-refractivity contribution >= 4 is 17.8 Å². The van der Waals surface area contributed by atoms with Gasteiger partial charge in [-0.3, -0.25) is 14.4 Å². The van der Waals surface area contributed by atoms with Crippen LogP contribution in [-0.2, 0) is 38.5 Å². The fourth-order valence-corrected chi connectivity index (χ4v) is 4.15. The number of ether oxygens (including phenoxy) is 1. The highest BCUT2D eigenvalue weighted by Crippen LogP contribution is 2.17. The maximum atomic E-state index is 13.2. The summed E-state index contributed by atoms with van der Waals surface area (Å²) in [6.07, 6.45) is 5.35. The Bertz CT molecular complexity index is 1100. The number of aromatic nitrogens is 1. The van der Waals surface area contributed by atoms with Crippen LogP contribution in [0.4, 0.5) is 0 Å². The van der Waals surface area contributed by atoms with Crippen LogP contribution in [0.15, 0.2) is 67.0 Å². The van der Waals surface area contributed by atoms with Crippen molar-refractivity contribution in [2.75, 3.05) is 19.8 Å². The number of carboxylic acid groups (broad SMARTS) is 1. The maximum absolute atomic E-state index is 13.2. The number of aryl methyl sites for hydroxylation is 1. The van der Waals surface area contributed by atoms with Crippen molar-refractivity contribution in [3.8, 4) is 5.75 Å². The summed E-state index contributed by atoms with van der Waals surface area (Å²) in [6.45, 7) is 1.79. The monoisotopic (exact) mass is 509 g/mol. The number of nitrogens with zero attached hydrogens (tertiary/aromatic N) is 1. The van der Waals surface area contributed by atoms with Crippen LogP contribution in [0.1, 0.15) is 30.4 Å². The second kappa shape index (κ2) is 14.6. The molecule has 37 heavy (non-hydrogen) atoms. The van der Waals surface area contributed by atoms with Gasteiger partial charge < -0.3 is 30.2 Å². The predicted octanol–water partition coefficient (Wildman–Crippen LogP) is 2.61. The molecule has 0 spiro atoms. The average molecular weight is 510 g/mol. The molecule has 1 aliphatic rings. The summed E-state index contributed by atoms with van der Waals surface area (Å²) in [7, 11) is 0. The number of carbonyl (C=O) groups excluding carboxylic acids is 2. The largest absolute Gasteiger partial charge is 0.508 e. The van der Waals surface area contributed by atoms with E-state index in [1.165, 1.54) is 0 Å². The number of benzene rings is 1. The van der Waals surface area contributed by atoms with Crippen molar-refractivity contribution in [1.29, 1.82) is 0 Å². The van der Waals surface area contributed by atoms with Gasteiger partial charge in [0.15, 0.2) is 0 Å². The molecule has 2 heterocycles. The van der Waals surface area contributed by atoms with Gasteiger partial charge in [0.1, 0.15) is 11.8 Å². The van der Waals surface area contributed by atoms with Crippen molar-refractivity contribution in [2.45, 2.75) is 44.7 Å². The first-order valence-electron chi connectivity index (χ1n) is 12.5. The zero-order valence-electron chi connectivity index (χ0n) is 20.8. The Morgan fingerprint density at radius 2 is 1.89 bits per heavy atom. The maximum Gasteiger partial charge on any atom is 0.304 e. The van der Waals surface area contributed by atoms with Gasteiger partial charge in [0, 0.05) is 37.8 Å². The molecule has 3 rings (SSSR count). The van der Waals surface area contributed by atoms with Crippen molar-refractivity contribution in [1.82, 2.24) is 15.2 Å². The molecule has 198 valence electrons. The Labute approximate surface area is 216 Å². The van der Waals surface area contributed by atoms with E-state index in [0.717, 1.165) is 11.1 Å². The molecule has 2 aromatic rings. The summed E-state index contributed by atoms with van der Waals surface area (Å²) < 4.78 is 7.59. The number of aromatic hydroxyl groups is 1. The molecular weight excluding hydrogens is 474 g/mol. The van der Waals surface area contributed by atoms with E-state index < -0.39 is 23.8 Å². The van der Waals surface area contributed by atoms with Crippen molar-refractivity contribution in [3.63, 3.8) is 0 Å². The van der Waals surface area contributed by atoms with Gasteiger partial charge in [-0.05, 0) is 48.6 Å². The molecule has 2 bridgehead atoms. The minimum Gasteiger partial charge on any atom is -0.508 e. The third kappa shape index (κ3) is 9.97. The van der Waals surface area contributed by atoms with Gasteiger partial charge >= 0.3 is 5.97 Å². The second-order valence-corrected chi connectivity index (χ2v) is 9.05. The normalized spacial score (nSPS) is 16.8. The van der Waals surface area contributed by atoms with Crippen LogP contribution in [0.25, 0.3) is 0 Å². The van der Waals surface area contributed by atoms with Gasteiger partial charge in [-0.25, -0.2) is 0 Å². The Kier molecular flexibility index (Phi) is 11.0. The lowest BCUT2D eigenvalue weighted by atomic mass is 9.95. The number of hydrogen-bond acceptors (Lipinski definition) is 5. The van der Waals surface area contributed by atoms with E-state index in [1.54, 1.807) is 24.3 Å². The van der Waals surface area contributed by atoms with Gasteiger partial charge in [-0.2, -0.15) is 0 Å². The minimum atomic E-state index is -1.07. The Balaban J connectivity index is 1.76. The molecule has 1 aliphatic heterocycles. The summed E-state index contributed by atoms with van der Waals surface area (Å²) in [4.78, 5) is 37.7. The molecule has 0 fully saturated rings. The lowest BCUT2D eigenvalue weighted by Crippen LogP contribution is -2.50. The number of fused-ring (bicyclic) bond motifs is 2. The van der Waals surface area contributed by atoms with Crippen LogP contribution in [0.5, 0.6) is 5.75 Å². The predicted molar refractivity (Wildman–Crippen MR) is 138 cm³/mol. The van der Waals surface area contributed by atoms with Gasteiger partial charge in [0.25, 0.3) is 0 Å². The molecule has 2 amide bonds. The fourth-order valence-electron chi connectivity index (χ4n) is 4.15. The Hall–Kier alpha value is -3.85. The first-order chi connectivity index (χ1) is 17.9. The fraction of sp³-hybridized carbons (Fsp3) is 0.393. The highest BCUT2D eigenvalue weighted by atomic mass is 16.5. The quantitative estimate of drug-likeness (QED) is 0.433. The molecular formula is C28H35N3O6. The smallest absolute Gasteiger partial charge is 0.304 e. The molecule has 0 saturated heterocycles. The number of rotatable bonds is 8. The number of carbonyl (C=O) groups is 3. The molecule has 9 heteroatoms. The Morgan fingerprint density at radius 1 is 1.11 bits per heavy atom. The SMILES string of the molecule is O=C(O)C[C@@H](CCCc1ccc(O)cc1)C(=O)NC1Cc2ccccccn(c2)CCOCCNC1=O. The molecule has 4 N–H and O–H groups in total. The third-order valence-corrected chi connectivity index (χ3v) is 6.11. The van der Waals surface area contributed by atoms with Gasteiger partial charge in [-0.15, -0.1) is 0 Å². The van der Waals surface area contributed by atoms with E-state index in [1.807, 2.05) is 47.3 Å². The van der Waals surface area contributed by atoms with Crippen LogP contribution in [0.2, 0.25) is 0 Å². The number of nitrogens with one attached hydrogen (secondary N) is 2. The van der Waals surface area contributed by atoms with E-state index in [4.69, 9.17) is 4.74 Å². The zero-order chi connectivity index (χ0) is 26.5. The number of phenolic OH excluding ortho intramolecular Hbond substituents is 1. The minimum absolute atomic E-state index is 0.175. The molecule has 1 unspecified atom stereocenters. The molecule has 9 nitrogen and oxygen atoms in total. The number of phenols is 1. The molecule has 0 aliphatic carbocycles. The van der Waals surface area contributed by atoms with Crippen LogP contribution >= 0.6 is 0 Å². The van der Waals surface area contributed by atoms with Crippen molar-refractivity contribution in [3.05, 3.63) is 78.1 Å². The van der Waals surface area contributed by atoms with Crippen LogP contribution in [-0.4, -0.2) is 58.4 Å². The molecule has 1 aromatic heterocycles. The molecule has 0 saturated carbocycles. The third-order valence-electron chi connectivity index (χ3n) is 6.11. The van der Waals surface area contributed by atoms with Crippen molar-refractivity contribution < 1.29 is 29.3 Å². The van der Waals surface area contributed by atoms with Crippen LogP contribution in [0, 0.1) is 5.92 Å². The highest BCUT2D eigenvalue weighted by Gasteiger charge is 2.27. The lowest BCUT2D eigenvalue weighted by molar-refractivity contribution is -0.141. The summed E-state index contributed by atoms with van der Waals surface area (Å²) >= 11 is 0. The van der Waals surface area contributed by atoms with Gasteiger partial charge in [-0.1, -0.05) is 36.4 Å². The standard InChI is InChI=1S/C28H35N3O6/c32-24-11-9-21(10-12-24)7-5-8-23(19-26(33)34)27(35)30-25-18-22-6-3-1-2-4-14-31(20-22)15-17-37-16-13-29-28(25)36/h1-4,6,9-12,14,20,23,25,32H,5,7-8,13,15-19H2,(H,29,36)(H,30,35)(H,33,34)/t23-,25?/m1/s1. The number of carboxylic acids is 1. The van der Waals surface area contributed by atoms with E-state index in [-0.39, 0.29) is 24.5 Å². The summed E-state index contributed by atoms with van der Waals surface area (Å²) in [6, 6.07) is 15.4. The van der Waals surface area contributed by atoms with E-state index in [9.17, 15) is 24.6 Å². The van der Waals surface area contributed by atoms with Crippen molar-refractivity contribution in [2.24, 2.45) is 5.92 Å². The highest BCUT2D eigenvalue weighted by molar-refractivity contribution is 5.90. The Morgan fingerprint density at radius 3 is 2.68 bits per heavy atom. The molecule has 0 radical (unpaired) electrons. The van der Waals surface area contributed by atoms with E-state index >= 15 is 0 Å². The summed E-state index contributed by atoms with van der Waals surface area (Å²) in [5.74, 6) is -2.47. The topological polar surface area (TPSA) is 130 Å². The molecule has 2 atom stereocenters. The lowest BCUT2D eigenvalue weighted by Gasteiger charge is -2.22. The van der Waals surface area contributed by atoms with E-state index in [2.05, 4.69) is 10.6 Å². The number of aliphatic carboxylic acids is 1. The first kappa shape index (κ1) is 27.7. The number of amides is 2. The number of hydrogen-bond donors (Lipinski definition) is 4. The van der Waals surface area contributed by atoms with Gasteiger partial charge in [0.2, 0.25) is 11.8 Å². The second-order valence-electron chi connectivity index (χ2n) is 9.05.